The predicted octanol–water partition coefficient (Wildman–Crippen LogP) is 5.97. The number of nitrogens with zero attached hydrogens (tertiary/aromatic N) is 7. The smallest absolute Gasteiger partial charge is 0.407 e. The number of phenolic OH excluding ortho intramolecular Hbond substituents is 1. The zero-order valence-corrected chi connectivity index (χ0v) is 32.8. The van der Waals surface area contributed by atoms with Crippen molar-refractivity contribution in [1.29, 1.82) is 0 Å². The lowest BCUT2D eigenvalue weighted by atomic mass is 9.84. The summed E-state index contributed by atoms with van der Waals surface area (Å²) in [5.74, 6) is -1.60. The van der Waals surface area contributed by atoms with E-state index in [0.717, 1.165) is 22.4 Å². The van der Waals surface area contributed by atoms with Gasteiger partial charge in [-0.2, -0.15) is 0 Å². The molecule has 1 aliphatic carbocycles. The topological polar surface area (TPSA) is 167 Å². The second-order valence-electron chi connectivity index (χ2n) is 16.5. The molecule has 5 heterocycles. The Balaban J connectivity index is 1.04. The van der Waals surface area contributed by atoms with E-state index in [1.807, 2.05) is 26.8 Å². The van der Waals surface area contributed by atoms with Gasteiger partial charge in [-0.1, -0.05) is 45.0 Å². The molecule has 1 aliphatic heterocycles. The van der Waals surface area contributed by atoms with E-state index in [4.69, 9.17) is 0 Å². The third kappa shape index (κ3) is 7.79. The van der Waals surface area contributed by atoms with Crippen LogP contribution in [0.4, 0.5) is 13.6 Å². The fourth-order valence-electron chi connectivity index (χ4n) is 8.49. The zero-order valence-electron chi connectivity index (χ0n) is 32.8. The summed E-state index contributed by atoms with van der Waals surface area (Å²) in [6, 6.07) is 15.1. The summed E-state index contributed by atoms with van der Waals surface area (Å²) in [5.41, 5.74) is 1.25. The number of carbonyl (C=O) groups excluding carboxylic acids is 1. The average molecular weight is 807 g/mol. The maximum Gasteiger partial charge on any atom is 0.407 e. The number of aromatic nitrogens is 5. The van der Waals surface area contributed by atoms with Crippen molar-refractivity contribution in [3.05, 3.63) is 123 Å². The standard InChI is InChI=1S/C43H44F2N8O6/c1-43(2,3)36-24-49(15-16-51(36)42(58)59)21-25-7-13-32(35(54)17-25)26-5-4-6-31(18-26)52-38-33(19-28(45)20-46-38)40(56)53(41(52)57)30-11-9-29(10-12-30)47-39(55)34-23-50-22-27(44)8-14-37(50)48-34/h4-8,13-14,17-20,22-23,29-30,36,54H,9-12,15-16,21,24H2,1-3H3,(H,47,55)(H,58,59). The van der Waals surface area contributed by atoms with Crippen LogP contribution in [-0.2, 0) is 6.54 Å². The van der Waals surface area contributed by atoms with Gasteiger partial charge in [-0.05, 0) is 78.6 Å². The molecule has 6 aromatic rings. The molecule has 306 valence electrons. The van der Waals surface area contributed by atoms with Crippen molar-refractivity contribution < 1.29 is 28.6 Å². The van der Waals surface area contributed by atoms with E-state index in [1.165, 1.54) is 38.4 Å². The van der Waals surface area contributed by atoms with Crippen molar-refractivity contribution in [2.24, 2.45) is 5.41 Å². The number of amides is 2. The number of pyridine rings is 2. The lowest BCUT2D eigenvalue weighted by molar-refractivity contribution is 0.0190. The summed E-state index contributed by atoms with van der Waals surface area (Å²) in [6.45, 7) is 8.08. The summed E-state index contributed by atoms with van der Waals surface area (Å²) in [6.07, 6.45) is 4.35. The molecule has 14 nitrogen and oxygen atoms in total. The lowest BCUT2D eigenvalue weighted by Gasteiger charge is -2.46. The van der Waals surface area contributed by atoms with Crippen LogP contribution < -0.4 is 16.6 Å². The van der Waals surface area contributed by atoms with E-state index >= 15 is 0 Å². The molecule has 2 fully saturated rings. The van der Waals surface area contributed by atoms with Crippen LogP contribution in [0.1, 0.15) is 68.5 Å². The monoisotopic (exact) mass is 806 g/mol. The molecule has 0 spiro atoms. The number of carboxylic acid groups (broad SMARTS) is 1. The van der Waals surface area contributed by atoms with Gasteiger partial charge in [-0.15, -0.1) is 0 Å². The van der Waals surface area contributed by atoms with Crippen molar-refractivity contribution in [2.45, 2.75) is 71.1 Å². The minimum Gasteiger partial charge on any atom is -0.507 e. The number of nitrogens with one attached hydrogen (secondary N) is 1. The van der Waals surface area contributed by atoms with E-state index in [-0.39, 0.29) is 40.0 Å². The Morgan fingerprint density at radius 2 is 1.71 bits per heavy atom. The van der Waals surface area contributed by atoms with Gasteiger partial charge in [0.2, 0.25) is 0 Å². The predicted molar refractivity (Wildman–Crippen MR) is 216 cm³/mol. The number of phenols is 1. The van der Waals surface area contributed by atoms with Gasteiger partial charge in [0.25, 0.3) is 11.5 Å². The first-order valence-corrected chi connectivity index (χ1v) is 19.6. The number of aromatic hydroxyl groups is 1. The Bertz CT molecular complexity index is 2730. The Morgan fingerprint density at radius 1 is 0.932 bits per heavy atom. The maximum absolute atomic E-state index is 14.6. The third-order valence-corrected chi connectivity index (χ3v) is 11.5. The first kappa shape index (κ1) is 39.4. The molecule has 4 aromatic heterocycles. The molecule has 1 unspecified atom stereocenters. The molecule has 59 heavy (non-hydrogen) atoms. The van der Waals surface area contributed by atoms with Gasteiger partial charge in [0, 0.05) is 56.2 Å². The molecule has 3 N–H and O–H groups in total. The fraction of sp³-hybridized carbons (Fsp3) is 0.349. The molecule has 1 atom stereocenters. The summed E-state index contributed by atoms with van der Waals surface area (Å²) in [7, 11) is 0. The largest absolute Gasteiger partial charge is 0.507 e. The number of benzene rings is 2. The second kappa shape index (κ2) is 15.4. The number of piperazine rings is 1. The summed E-state index contributed by atoms with van der Waals surface area (Å²) >= 11 is 0. The average Bonchev–Trinajstić information content (AvgIpc) is 3.62. The van der Waals surface area contributed by atoms with E-state index in [9.17, 15) is 38.2 Å². The summed E-state index contributed by atoms with van der Waals surface area (Å²) in [5, 5.41) is 24.0. The van der Waals surface area contributed by atoms with Crippen molar-refractivity contribution in [2.75, 3.05) is 19.6 Å². The molecule has 1 saturated carbocycles. The first-order valence-electron chi connectivity index (χ1n) is 19.6. The van der Waals surface area contributed by atoms with E-state index in [2.05, 4.69) is 20.2 Å². The van der Waals surface area contributed by atoms with Crippen LogP contribution in [-0.4, -0.2) is 87.2 Å². The van der Waals surface area contributed by atoms with Gasteiger partial charge < -0.3 is 24.8 Å². The fourth-order valence-corrected chi connectivity index (χ4v) is 8.49. The number of fused-ring (bicyclic) bond motifs is 2. The normalized spacial score (nSPS) is 19.0. The van der Waals surface area contributed by atoms with Crippen molar-refractivity contribution in [3.8, 4) is 22.6 Å². The van der Waals surface area contributed by atoms with Crippen molar-refractivity contribution >= 4 is 28.7 Å². The molecule has 8 rings (SSSR count). The van der Waals surface area contributed by atoms with Crippen molar-refractivity contribution in [1.82, 2.24) is 38.6 Å². The highest BCUT2D eigenvalue weighted by Gasteiger charge is 2.38. The Hall–Kier alpha value is -6.42. The van der Waals surface area contributed by atoms with Crippen molar-refractivity contribution in [3.63, 3.8) is 0 Å². The number of rotatable bonds is 7. The minimum atomic E-state index is -0.932. The molecule has 0 bridgehead atoms. The molecule has 2 amide bonds. The Labute approximate surface area is 337 Å². The van der Waals surface area contributed by atoms with E-state index in [0.29, 0.717) is 74.3 Å². The van der Waals surface area contributed by atoms with Gasteiger partial charge in [-0.3, -0.25) is 19.1 Å². The molecule has 0 radical (unpaired) electrons. The number of halogens is 2. The van der Waals surface area contributed by atoms with E-state index < -0.39 is 40.9 Å². The minimum absolute atomic E-state index is 0.0116. The van der Waals surface area contributed by atoms with Crippen LogP contribution in [0.25, 0.3) is 33.5 Å². The maximum atomic E-state index is 14.6. The van der Waals surface area contributed by atoms with Crippen LogP contribution in [0, 0.1) is 17.0 Å². The Kier molecular flexibility index (Phi) is 10.3. The molecule has 1 saturated heterocycles. The molecular formula is C43H44F2N8O6. The molecule has 2 aromatic carbocycles. The van der Waals surface area contributed by atoms with Gasteiger partial charge in [0.1, 0.15) is 28.7 Å². The highest BCUT2D eigenvalue weighted by atomic mass is 19.1. The summed E-state index contributed by atoms with van der Waals surface area (Å²) in [4.78, 5) is 65.5. The number of imidazole rings is 1. The van der Waals surface area contributed by atoms with Gasteiger partial charge in [0.15, 0.2) is 5.65 Å². The van der Waals surface area contributed by atoms with Gasteiger partial charge in [-0.25, -0.2) is 32.9 Å². The van der Waals surface area contributed by atoms with E-state index in [1.54, 1.807) is 36.4 Å². The first-order chi connectivity index (χ1) is 28.1. The Morgan fingerprint density at radius 3 is 2.44 bits per heavy atom. The number of hydrogen-bond donors (Lipinski definition) is 3. The quantitative estimate of drug-likeness (QED) is 0.176. The molecule has 16 heteroatoms. The highest BCUT2D eigenvalue weighted by Crippen LogP contribution is 2.34. The lowest BCUT2D eigenvalue weighted by Crippen LogP contribution is -2.59. The second-order valence-corrected chi connectivity index (χ2v) is 16.5. The molecule has 2 aliphatic rings. The van der Waals surface area contributed by atoms with Crippen LogP contribution in [0.5, 0.6) is 5.75 Å². The van der Waals surface area contributed by atoms with Gasteiger partial charge >= 0.3 is 11.8 Å². The zero-order chi connectivity index (χ0) is 41.7. The summed E-state index contributed by atoms with van der Waals surface area (Å²) < 4.78 is 32.2. The third-order valence-electron chi connectivity index (χ3n) is 11.5. The van der Waals surface area contributed by atoms with Crippen LogP contribution in [0.2, 0.25) is 0 Å². The highest BCUT2D eigenvalue weighted by molar-refractivity contribution is 5.93. The SMILES string of the molecule is CC(C)(C)C1CN(Cc2ccc(-c3cccc(-n4c(=O)n(C5CCC(NC(=O)c6cn7cc(F)ccc7n6)CC5)c(=O)c5cc(F)cnc54)c3)c(O)c2)CCN1C(=O)O. The van der Waals surface area contributed by atoms with Crippen LogP contribution in [0.15, 0.2) is 88.8 Å². The van der Waals surface area contributed by atoms with Gasteiger partial charge in [0.05, 0.1) is 23.3 Å². The number of hydrogen-bond acceptors (Lipinski definition) is 8. The van der Waals surface area contributed by atoms with Crippen LogP contribution >= 0.6 is 0 Å². The molecular weight excluding hydrogens is 763 g/mol. The van der Waals surface area contributed by atoms with Crippen LogP contribution in [0.3, 0.4) is 0 Å². The number of carbonyl (C=O) groups is 2.